The van der Waals surface area contributed by atoms with E-state index in [4.69, 9.17) is 9.15 Å². The highest BCUT2D eigenvalue weighted by atomic mass is 16.6. The van der Waals surface area contributed by atoms with Gasteiger partial charge >= 0.3 is 12.1 Å². The molecule has 1 aromatic rings. The molecule has 130 valence electrons. The minimum atomic E-state index is -0.603. The second-order valence-corrected chi connectivity index (χ2v) is 6.73. The fraction of sp³-hybridized carbons (Fsp3) is 0.533. The molecule has 9 heteroatoms. The first-order chi connectivity index (χ1) is 11.3. The summed E-state index contributed by atoms with van der Waals surface area (Å²) in [6, 6.07) is -1.44. The summed E-state index contributed by atoms with van der Waals surface area (Å²) in [6.45, 7) is 5.79. The van der Waals surface area contributed by atoms with Gasteiger partial charge in [-0.05, 0) is 20.8 Å². The molecule has 0 radical (unpaired) electrons. The average Bonchev–Trinajstić information content (AvgIpc) is 3.10. The second kappa shape index (κ2) is 5.82. The Bertz CT molecular complexity index is 664. The molecule has 3 heterocycles. The van der Waals surface area contributed by atoms with Crippen molar-refractivity contribution in [1.29, 1.82) is 0 Å². The van der Waals surface area contributed by atoms with Gasteiger partial charge in [-0.2, -0.15) is 5.06 Å². The molecule has 2 atom stereocenters. The van der Waals surface area contributed by atoms with E-state index in [-0.39, 0.29) is 6.54 Å². The van der Waals surface area contributed by atoms with Crippen LogP contribution in [0.3, 0.4) is 0 Å². The van der Waals surface area contributed by atoms with E-state index in [1.54, 1.807) is 26.8 Å². The molecule has 9 nitrogen and oxygen atoms in total. The maximum Gasteiger partial charge on any atom is 0.407 e. The number of hydrogen-bond acceptors (Lipinski definition) is 6. The number of urea groups is 1. The number of oxazole rings is 1. The zero-order valence-corrected chi connectivity index (χ0v) is 13.7. The van der Waals surface area contributed by atoms with Crippen LogP contribution in [0.1, 0.15) is 26.5 Å². The van der Waals surface area contributed by atoms with Crippen LogP contribution in [-0.4, -0.2) is 63.1 Å². The Morgan fingerprint density at radius 2 is 2.29 bits per heavy atom. The highest BCUT2D eigenvalue weighted by molar-refractivity contribution is 5.84. The quantitative estimate of drug-likeness (QED) is 0.809. The van der Waals surface area contributed by atoms with E-state index in [0.29, 0.717) is 22.9 Å². The van der Waals surface area contributed by atoms with E-state index >= 15 is 0 Å². The Balaban J connectivity index is 1.76. The Kier molecular flexibility index (Phi) is 3.96. The van der Waals surface area contributed by atoms with Gasteiger partial charge in [0.1, 0.15) is 11.6 Å². The van der Waals surface area contributed by atoms with Crippen LogP contribution in [0.25, 0.3) is 5.57 Å². The molecule has 2 aliphatic rings. The molecule has 0 unspecified atom stereocenters. The number of rotatable bonds is 3. The maximum atomic E-state index is 12.2. The number of fused-ring (bicyclic) bond motifs is 2. The van der Waals surface area contributed by atoms with Gasteiger partial charge in [-0.1, -0.05) is 6.08 Å². The third-order valence-corrected chi connectivity index (χ3v) is 3.81. The fourth-order valence-electron chi connectivity index (χ4n) is 2.80. The fourth-order valence-corrected chi connectivity index (χ4v) is 2.80. The minimum Gasteiger partial charge on any atom is -0.444 e. The van der Waals surface area contributed by atoms with E-state index in [1.807, 2.05) is 0 Å². The van der Waals surface area contributed by atoms with Gasteiger partial charge < -0.3 is 19.4 Å². The normalized spacial score (nSPS) is 23.3. The van der Waals surface area contributed by atoms with Crippen LogP contribution in [0.2, 0.25) is 0 Å². The molecule has 0 aromatic carbocycles. The molecule has 1 fully saturated rings. The van der Waals surface area contributed by atoms with Crippen molar-refractivity contribution < 1.29 is 24.0 Å². The van der Waals surface area contributed by atoms with Crippen LogP contribution in [0.15, 0.2) is 23.1 Å². The SMILES string of the molecule is CC(C)(C)OC(=O)NC[C@@H]1C=C(c2cnco2)[C@@H]2CN1C(=O)N2O. The van der Waals surface area contributed by atoms with Gasteiger partial charge in [-0.25, -0.2) is 14.6 Å². The third-order valence-electron chi connectivity index (χ3n) is 3.81. The number of ether oxygens (including phenoxy) is 1. The zero-order chi connectivity index (χ0) is 17.5. The molecule has 1 aromatic heterocycles. The van der Waals surface area contributed by atoms with Crippen molar-refractivity contribution >= 4 is 17.7 Å². The van der Waals surface area contributed by atoms with Crippen molar-refractivity contribution in [2.75, 3.05) is 13.1 Å². The average molecular weight is 336 g/mol. The lowest BCUT2D eigenvalue weighted by Gasteiger charge is -2.29. The van der Waals surface area contributed by atoms with E-state index in [1.165, 1.54) is 17.5 Å². The summed E-state index contributed by atoms with van der Waals surface area (Å²) in [5, 5.41) is 13.3. The van der Waals surface area contributed by atoms with E-state index < -0.39 is 29.8 Å². The second-order valence-electron chi connectivity index (χ2n) is 6.73. The van der Waals surface area contributed by atoms with Crippen molar-refractivity contribution in [3.63, 3.8) is 0 Å². The molecule has 3 amide bonds. The van der Waals surface area contributed by atoms with Gasteiger partial charge in [0, 0.05) is 12.1 Å². The summed E-state index contributed by atoms with van der Waals surface area (Å²) < 4.78 is 10.5. The number of amides is 3. The number of carbonyl (C=O) groups is 2. The molecule has 2 bridgehead atoms. The van der Waals surface area contributed by atoms with Crippen molar-refractivity contribution in [3.8, 4) is 0 Å². The smallest absolute Gasteiger partial charge is 0.407 e. The van der Waals surface area contributed by atoms with Gasteiger partial charge in [0.2, 0.25) is 0 Å². The number of hydrogen-bond donors (Lipinski definition) is 2. The van der Waals surface area contributed by atoms with Crippen molar-refractivity contribution in [2.45, 2.75) is 38.5 Å². The Labute approximate surface area is 138 Å². The molecule has 0 aliphatic carbocycles. The highest BCUT2D eigenvalue weighted by Crippen LogP contribution is 2.33. The summed E-state index contributed by atoms with van der Waals surface area (Å²) in [7, 11) is 0. The van der Waals surface area contributed by atoms with Crippen LogP contribution in [0.4, 0.5) is 9.59 Å². The number of aromatic nitrogens is 1. The molecule has 0 saturated carbocycles. The lowest BCUT2D eigenvalue weighted by atomic mass is 9.98. The summed E-state index contributed by atoms with van der Waals surface area (Å²) >= 11 is 0. The van der Waals surface area contributed by atoms with Crippen molar-refractivity contribution in [2.24, 2.45) is 0 Å². The van der Waals surface area contributed by atoms with E-state index in [9.17, 15) is 14.8 Å². The molecule has 3 rings (SSSR count). The number of carbonyl (C=O) groups excluding carboxylic acids is 2. The topological polar surface area (TPSA) is 108 Å². The Hall–Kier alpha value is -2.55. The van der Waals surface area contributed by atoms with Gasteiger partial charge in [0.15, 0.2) is 12.2 Å². The molecular weight excluding hydrogens is 316 g/mol. The molecule has 1 saturated heterocycles. The first-order valence-electron chi connectivity index (χ1n) is 7.62. The largest absolute Gasteiger partial charge is 0.444 e. The molecule has 24 heavy (non-hydrogen) atoms. The van der Waals surface area contributed by atoms with Crippen LogP contribution in [-0.2, 0) is 4.74 Å². The van der Waals surface area contributed by atoms with Crippen molar-refractivity contribution in [3.05, 3.63) is 24.4 Å². The molecule has 0 spiro atoms. The number of alkyl carbamates (subject to hydrolysis) is 1. The van der Waals surface area contributed by atoms with Crippen LogP contribution in [0.5, 0.6) is 0 Å². The number of hydroxylamine groups is 2. The zero-order valence-electron chi connectivity index (χ0n) is 13.7. The Morgan fingerprint density at radius 1 is 1.54 bits per heavy atom. The summed E-state index contributed by atoms with van der Waals surface area (Å²) in [5.74, 6) is 0.482. The number of nitrogens with one attached hydrogen (secondary N) is 1. The molecular formula is C15H20N4O5. The predicted molar refractivity (Wildman–Crippen MR) is 82.0 cm³/mol. The highest BCUT2D eigenvalue weighted by Gasteiger charge is 2.46. The van der Waals surface area contributed by atoms with Crippen LogP contribution in [0, 0.1) is 0 Å². The summed E-state index contributed by atoms with van der Waals surface area (Å²) in [5.41, 5.74) is 0.0570. The van der Waals surface area contributed by atoms with Gasteiger partial charge in [-0.3, -0.25) is 5.21 Å². The van der Waals surface area contributed by atoms with Crippen LogP contribution < -0.4 is 5.32 Å². The molecule has 2 aliphatic heterocycles. The van der Waals surface area contributed by atoms with Gasteiger partial charge in [0.05, 0.1) is 18.8 Å². The standard InChI is InChI=1S/C15H20N4O5/c1-15(2,3)24-13(20)17-5-9-4-10(12-6-16-8-23-12)11-7-18(9)14(21)19(11)22/h4,6,8-9,11,22H,5,7H2,1-3H3,(H,17,20)/t9-,11-/m0/s1. The summed E-state index contributed by atoms with van der Waals surface area (Å²) in [6.07, 6.45) is 4.04. The molecule has 2 N–H and O–H groups in total. The van der Waals surface area contributed by atoms with Crippen LogP contribution >= 0.6 is 0 Å². The first-order valence-corrected chi connectivity index (χ1v) is 7.62. The van der Waals surface area contributed by atoms with Crippen molar-refractivity contribution in [1.82, 2.24) is 20.3 Å². The third kappa shape index (κ3) is 3.07. The monoisotopic (exact) mass is 336 g/mol. The Morgan fingerprint density at radius 3 is 2.92 bits per heavy atom. The summed E-state index contributed by atoms with van der Waals surface area (Å²) in [4.78, 5) is 29.3. The maximum absolute atomic E-state index is 12.2. The first kappa shape index (κ1) is 16.3. The lowest BCUT2D eigenvalue weighted by molar-refractivity contribution is -0.0431. The number of nitrogens with zero attached hydrogens (tertiary/aromatic N) is 3. The van der Waals surface area contributed by atoms with E-state index in [2.05, 4.69) is 10.3 Å². The lowest BCUT2D eigenvalue weighted by Crippen LogP contribution is -2.46. The van der Waals surface area contributed by atoms with E-state index in [0.717, 1.165) is 0 Å². The predicted octanol–water partition coefficient (Wildman–Crippen LogP) is 1.46. The van der Waals surface area contributed by atoms with Gasteiger partial charge in [-0.15, -0.1) is 0 Å². The minimum absolute atomic E-state index is 0.166. The van der Waals surface area contributed by atoms with Gasteiger partial charge in [0.25, 0.3) is 0 Å².